The fourth-order valence-electron chi connectivity index (χ4n) is 2.79. The number of fused-ring (bicyclic) bond motifs is 1. The van der Waals surface area contributed by atoms with E-state index in [-0.39, 0.29) is 5.78 Å². The van der Waals surface area contributed by atoms with Gasteiger partial charge < -0.3 is 10.3 Å². The zero-order valence-corrected chi connectivity index (χ0v) is 11.5. The van der Waals surface area contributed by atoms with Crippen LogP contribution in [0.2, 0.25) is 0 Å². The fourth-order valence-corrected chi connectivity index (χ4v) is 2.79. The molecule has 104 valence electrons. The van der Waals surface area contributed by atoms with Gasteiger partial charge in [0.2, 0.25) is 0 Å². The van der Waals surface area contributed by atoms with E-state index in [1.54, 1.807) is 12.5 Å². The summed E-state index contributed by atoms with van der Waals surface area (Å²) in [7, 11) is 0. The van der Waals surface area contributed by atoms with Crippen molar-refractivity contribution < 1.29 is 4.79 Å². The second-order valence-electron chi connectivity index (χ2n) is 5.34. The van der Waals surface area contributed by atoms with E-state index in [1.165, 1.54) is 24.0 Å². The summed E-state index contributed by atoms with van der Waals surface area (Å²) in [6, 6.07) is 6.41. The van der Waals surface area contributed by atoms with E-state index in [1.807, 2.05) is 4.57 Å². The van der Waals surface area contributed by atoms with E-state index in [2.05, 4.69) is 23.2 Å². The highest BCUT2D eigenvalue weighted by Crippen LogP contribution is 2.23. The number of aromatic nitrogens is 2. The fraction of sp³-hybridized carbons (Fsp3) is 0.375. The van der Waals surface area contributed by atoms with Gasteiger partial charge in [-0.15, -0.1) is 0 Å². The molecule has 0 unspecified atom stereocenters. The van der Waals surface area contributed by atoms with Crippen LogP contribution in [0.25, 0.3) is 0 Å². The van der Waals surface area contributed by atoms with Crippen molar-refractivity contribution in [2.24, 2.45) is 5.73 Å². The average Bonchev–Trinajstić information content (AvgIpc) is 3.07. The number of imidazole rings is 1. The SMILES string of the molecule is NCCn1cnc(C(=O)Cc2ccc3c(c2)CCC3)c1. The van der Waals surface area contributed by atoms with Crippen molar-refractivity contribution >= 4 is 5.78 Å². The van der Waals surface area contributed by atoms with Crippen LogP contribution in [0.4, 0.5) is 0 Å². The number of nitrogens with zero attached hydrogens (tertiary/aromatic N) is 2. The topological polar surface area (TPSA) is 60.9 Å². The van der Waals surface area contributed by atoms with E-state index < -0.39 is 0 Å². The molecule has 1 heterocycles. The van der Waals surface area contributed by atoms with Crippen molar-refractivity contribution in [2.45, 2.75) is 32.2 Å². The maximum atomic E-state index is 12.2. The van der Waals surface area contributed by atoms with Gasteiger partial charge in [-0.25, -0.2) is 4.98 Å². The van der Waals surface area contributed by atoms with Gasteiger partial charge in [0.15, 0.2) is 5.78 Å². The molecule has 1 aromatic heterocycles. The maximum Gasteiger partial charge on any atom is 0.187 e. The smallest absolute Gasteiger partial charge is 0.187 e. The molecular formula is C16H19N3O. The molecule has 1 aromatic carbocycles. The summed E-state index contributed by atoms with van der Waals surface area (Å²) in [6.45, 7) is 1.24. The van der Waals surface area contributed by atoms with Crippen LogP contribution in [0.1, 0.15) is 33.6 Å². The van der Waals surface area contributed by atoms with E-state index in [0.29, 0.717) is 25.2 Å². The minimum absolute atomic E-state index is 0.0683. The van der Waals surface area contributed by atoms with Gasteiger partial charge >= 0.3 is 0 Å². The molecule has 0 atom stereocenters. The summed E-state index contributed by atoms with van der Waals surface area (Å²) < 4.78 is 1.86. The highest BCUT2D eigenvalue weighted by molar-refractivity contribution is 5.95. The zero-order chi connectivity index (χ0) is 13.9. The molecule has 0 aliphatic heterocycles. The van der Waals surface area contributed by atoms with Crippen LogP contribution in [-0.4, -0.2) is 21.9 Å². The summed E-state index contributed by atoms with van der Waals surface area (Å²) in [5.74, 6) is 0.0683. The third-order valence-electron chi connectivity index (χ3n) is 3.83. The number of hydrogen-bond acceptors (Lipinski definition) is 3. The van der Waals surface area contributed by atoms with Crippen LogP contribution in [-0.2, 0) is 25.8 Å². The number of aryl methyl sites for hydroxylation is 2. The number of ketones is 1. The molecule has 0 bridgehead atoms. The Balaban J connectivity index is 1.71. The van der Waals surface area contributed by atoms with Gasteiger partial charge in [-0.1, -0.05) is 18.2 Å². The number of carbonyl (C=O) groups is 1. The standard InChI is InChI=1S/C16H19N3O/c17-6-7-19-10-15(18-11-19)16(20)9-12-4-5-13-2-1-3-14(13)8-12/h4-5,8,10-11H,1-3,6-7,9,17H2. The van der Waals surface area contributed by atoms with Gasteiger partial charge in [0.1, 0.15) is 5.69 Å². The summed E-state index contributed by atoms with van der Waals surface area (Å²) in [5, 5.41) is 0. The third kappa shape index (κ3) is 2.65. The Labute approximate surface area is 118 Å². The maximum absolute atomic E-state index is 12.2. The Morgan fingerprint density at radius 2 is 2.15 bits per heavy atom. The monoisotopic (exact) mass is 269 g/mol. The first-order valence-electron chi connectivity index (χ1n) is 7.12. The molecule has 0 amide bonds. The van der Waals surface area contributed by atoms with Gasteiger partial charge in [0, 0.05) is 25.7 Å². The number of nitrogens with two attached hydrogens (primary N) is 1. The predicted molar refractivity (Wildman–Crippen MR) is 77.8 cm³/mol. The van der Waals surface area contributed by atoms with E-state index in [0.717, 1.165) is 12.0 Å². The van der Waals surface area contributed by atoms with Crippen LogP contribution < -0.4 is 5.73 Å². The second kappa shape index (κ2) is 5.59. The lowest BCUT2D eigenvalue weighted by Gasteiger charge is -2.03. The first-order chi connectivity index (χ1) is 9.76. The van der Waals surface area contributed by atoms with Crippen LogP contribution in [0.5, 0.6) is 0 Å². The minimum atomic E-state index is 0.0683. The Morgan fingerprint density at radius 3 is 3.00 bits per heavy atom. The lowest BCUT2D eigenvalue weighted by molar-refractivity contribution is 0.0988. The summed E-state index contributed by atoms with van der Waals surface area (Å²) >= 11 is 0. The molecule has 0 saturated carbocycles. The van der Waals surface area contributed by atoms with Gasteiger partial charge in [-0.2, -0.15) is 0 Å². The number of benzene rings is 1. The number of hydrogen-bond donors (Lipinski definition) is 1. The van der Waals surface area contributed by atoms with Crippen molar-refractivity contribution in [3.63, 3.8) is 0 Å². The van der Waals surface area contributed by atoms with E-state index >= 15 is 0 Å². The normalized spacial score (nSPS) is 13.4. The second-order valence-corrected chi connectivity index (χ2v) is 5.34. The van der Waals surface area contributed by atoms with Crippen LogP contribution >= 0.6 is 0 Å². The highest BCUT2D eigenvalue weighted by atomic mass is 16.1. The highest BCUT2D eigenvalue weighted by Gasteiger charge is 2.14. The number of rotatable bonds is 5. The molecule has 20 heavy (non-hydrogen) atoms. The minimum Gasteiger partial charge on any atom is -0.335 e. The predicted octanol–water partition coefficient (Wildman–Crippen LogP) is 1.76. The van der Waals surface area contributed by atoms with Gasteiger partial charge in [-0.05, 0) is 36.0 Å². The van der Waals surface area contributed by atoms with Crippen molar-refractivity contribution in [2.75, 3.05) is 6.54 Å². The van der Waals surface area contributed by atoms with Gasteiger partial charge in [0.05, 0.1) is 6.33 Å². The van der Waals surface area contributed by atoms with Crippen molar-refractivity contribution in [3.05, 3.63) is 53.1 Å². The molecule has 0 spiro atoms. The Bertz CT molecular complexity index is 630. The molecule has 2 N–H and O–H groups in total. The lowest BCUT2D eigenvalue weighted by Crippen LogP contribution is -2.08. The first-order valence-corrected chi connectivity index (χ1v) is 7.12. The van der Waals surface area contributed by atoms with E-state index in [9.17, 15) is 4.79 Å². The van der Waals surface area contributed by atoms with Crippen molar-refractivity contribution in [3.8, 4) is 0 Å². The molecule has 0 fully saturated rings. The Morgan fingerprint density at radius 1 is 1.30 bits per heavy atom. The Kier molecular flexibility index (Phi) is 3.65. The summed E-state index contributed by atoms with van der Waals surface area (Å²) in [4.78, 5) is 16.4. The van der Waals surface area contributed by atoms with E-state index in [4.69, 9.17) is 5.73 Å². The largest absolute Gasteiger partial charge is 0.335 e. The van der Waals surface area contributed by atoms with Crippen molar-refractivity contribution in [1.29, 1.82) is 0 Å². The molecular weight excluding hydrogens is 250 g/mol. The quantitative estimate of drug-likeness (QED) is 0.841. The molecule has 4 heteroatoms. The first kappa shape index (κ1) is 13.1. The number of Topliss-reactive ketones (excluding diaryl/α,β-unsaturated/α-hetero) is 1. The Hall–Kier alpha value is -1.94. The molecule has 3 rings (SSSR count). The van der Waals surface area contributed by atoms with Crippen molar-refractivity contribution in [1.82, 2.24) is 9.55 Å². The van der Waals surface area contributed by atoms with Crippen LogP contribution in [0, 0.1) is 0 Å². The number of carbonyl (C=O) groups excluding carboxylic acids is 1. The molecule has 0 saturated heterocycles. The lowest BCUT2D eigenvalue weighted by atomic mass is 10.0. The van der Waals surface area contributed by atoms with Crippen LogP contribution in [0.15, 0.2) is 30.7 Å². The molecule has 4 nitrogen and oxygen atoms in total. The van der Waals surface area contributed by atoms with Gasteiger partial charge in [-0.3, -0.25) is 4.79 Å². The molecule has 1 aliphatic rings. The zero-order valence-electron chi connectivity index (χ0n) is 11.5. The molecule has 1 aliphatic carbocycles. The summed E-state index contributed by atoms with van der Waals surface area (Å²) in [6.07, 6.45) is 7.42. The average molecular weight is 269 g/mol. The molecule has 2 aromatic rings. The molecule has 0 radical (unpaired) electrons. The summed E-state index contributed by atoms with van der Waals surface area (Å²) in [5.41, 5.74) is 9.95. The van der Waals surface area contributed by atoms with Crippen LogP contribution in [0.3, 0.4) is 0 Å². The van der Waals surface area contributed by atoms with Gasteiger partial charge in [0.25, 0.3) is 0 Å². The third-order valence-corrected chi connectivity index (χ3v) is 3.83.